The molecule has 0 amide bonds. The van der Waals surface area contributed by atoms with Gasteiger partial charge in [-0.3, -0.25) is 4.98 Å². The molecule has 0 aliphatic carbocycles. The molecule has 0 radical (unpaired) electrons. The predicted molar refractivity (Wildman–Crippen MR) is 152 cm³/mol. The Hall–Kier alpha value is -4.42. The molecular weight excluding hydrogens is 552 g/mol. The number of nitrogens with zero attached hydrogens (tertiary/aromatic N) is 7. The Morgan fingerprint density at radius 3 is 2.76 bits per heavy atom. The summed E-state index contributed by atoms with van der Waals surface area (Å²) < 4.78 is 36.4. The first-order valence-corrected chi connectivity index (χ1v) is 13.2. The van der Waals surface area contributed by atoms with Crippen LogP contribution < -0.4 is 21.1 Å². The lowest BCUT2D eigenvalue weighted by Crippen LogP contribution is -2.52. The van der Waals surface area contributed by atoms with Crippen molar-refractivity contribution >= 4 is 34.3 Å². The average molecular weight is 578 g/mol. The minimum Gasteiger partial charge on any atom is -0.494 e. The van der Waals surface area contributed by atoms with Crippen molar-refractivity contribution in [3.8, 4) is 17.0 Å². The molecule has 0 spiro atoms. The number of fused-ring (bicyclic) bond motifs is 1. The zero-order chi connectivity index (χ0) is 28.7. The lowest BCUT2D eigenvalue weighted by Gasteiger charge is -2.41. The second-order valence-electron chi connectivity index (χ2n) is 10.00. The molecule has 0 saturated carbocycles. The lowest BCUT2D eigenvalue weighted by atomic mass is 9.86. The number of hydrogen-bond donors (Lipinski definition) is 2. The largest absolute Gasteiger partial charge is 0.494 e. The van der Waals surface area contributed by atoms with Gasteiger partial charge in [-0.1, -0.05) is 17.7 Å². The quantitative estimate of drug-likeness (QED) is 0.283. The Morgan fingerprint density at radius 1 is 1.10 bits per heavy atom. The van der Waals surface area contributed by atoms with Gasteiger partial charge < -0.3 is 25.7 Å². The maximum absolute atomic E-state index is 15.1. The molecule has 1 fully saturated rings. The van der Waals surface area contributed by atoms with Crippen molar-refractivity contribution in [2.24, 2.45) is 5.73 Å². The molecule has 4 N–H and O–H groups in total. The fraction of sp³-hybridized carbons (Fsp3) is 0.250. The van der Waals surface area contributed by atoms with Gasteiger partial charge in [0.15, 0.2) is 23.0 Å². The summed E-state index contributed by atoms with van der Waals surface area (Å²) in [6.07, 6.45) is 6.16. The van der Waals surface area contributed by atoms with Crippen molar-refractivity contribution < 1.29 is 13.5 Å². The number of hydrogen-bond acceptors (Lipinski definition) is 9. The van der Waals surface area contributed by atoms with Gasteiger partial charge in [0.1, 0.15) is 22.8 Å². The van der Waals surface area contributed by atoms with E-state index in [0.717, 1.165) is 36.2 Å². The van der Waals surface area contributed by atoms with Gasteiger partial charge >= 0.3 is 0 Å². The van der Waals surface area contributed by atoms with Crippen molar-refractivity contribution in [3.63, 3.8) is 0 Å². The summed E-state index contributed by atoms with van der Waals surface area (Å²) in [5, 5.41) is 0.373. The third-order valence-corrected chi connectivity index (χ3v) is 7.55. The van der Waals surface area contributed by atoms with Gasteiger partial charge in [-0.05, 0) is 42.7 Å². The molecule has 5 aromatic rings. The molecule has 10 nitrogen and oxygen atoms in total. The first kappa shape index (κ1) is 26.8. The van der Waals surface area contributed by atoms with Crippen molar-refractivity contribution in [2.75, 3.05) is 30.8 Å². The standard InChI is InChI=1S/C28H26ClF2N9O/c1-41-22-10-18(30)17(9-19(22)31)20-8-16(12-40-15-37-25-26(32)35-14-36-27(25)40)21(11-34-20)39-7-3-6-28(33,13-39)23-4-2-5-24(29)38-23/h2,4-5,8-11,14-15H,3,6-7,12-13,33H2,1H3,(H2,32,35,36)/t28-/m1/s1. The van der Waals surface area contributed by atoms with Crippen molar-refractivity contribution in [1.29, 1.82) is 0 Å². The molecule has 1 aliphatic rings. The van der Waals surface area contributed by atoms with Crippen LogP contribution in [0.3, 0.4) is 0 Å². The number of anilines is 2. The number of nitrogens with two attached hydrogens (primary N) is 2. The van der Waals surface area contributed by atoms with Crippen LogP contribution in [0.1, 0.15) is 24.1 Å². The minimum atomic E-state index is -0.756. The first-order chi connectivity index (χ1) is 19.8. The van der Waals surface area contributed by atoms with E-state index in [-0.39, 0.29) is 22.8 Å². The van der Waals surface area contributed by atoms with Gasteiger partial charge in [0.2, 0.25) is 0 Å². The Kier molecular flexibility index (Phi) is 6.88. The van der Waals surface area contributed by atoms with E-state index in [4.69, 9.17) is 27.8 Å². The third kappa shape index (κ3) is 5.00. The number of ether oxygens (including phenoxy) is 1. The van der Waals surface area contributed by atoms with Gasteiger partial charge in [0.25, 0.3) is 0 Å². The smallest absolute Gasteiger partial charge is 0.165 e. The molecule has 1 aliphatic heterocycles. The van der Waals surface area contributed by atoms with E-state index < -0.39 is 17.2 Å². The van der Waals surface area contributed by atoms with E-state index in [0.29, 0.717) is 41.6 Å². The molecule has 5 heterocycles. The van der Waals surface area contributed by atoms with Crippen LogP contribution in [-0.2, 0) is 12.1 Å². The molecule has 210 valence electrons. The molecule has 0 unspecified atom stereocenters. The normalized spacial score (nSPS) is 17.2. The van der Waals surface area contributed by atoms with E-state index in [1.807, 2.05) is 16.7 Å². The molecule has 1 atom stereocenters. The van der Waals surface area contributed by atoms with E-state index in [1.165, 1.54) is 13.4 Å². The van der Waals surface area contributed by atoms with Crippen LogP contribution in [0, 0.1) is 11.6 Å². The van der Waals surface area contributed by atoms with Crippen LogP contribution in [0.2, 0.25) is 5.15 Å². The lowest BCUT2D eigenvalue weighted by molar-refractivity contribution is 0.345. The number of nitrogen functional groups attached to an aromatic ring is 1. The average Bonchev–Trinajstić information content (AvgIpc) is 3.38. The highest BCUT2D eigenvalue weighted by Crippen LogP contribution is 2.36. The molecule has 6 rings (SSSR count). The number of aromatic nitrogens is 6. The summed E-state index contributed by atoms with van der Waals surface area (Å²) in [7, 11) is 1.28. The first-order valence-electron chi connectivity index (χ1n) is 12.9. The fourth-order valence-corrected chi connectivity index (χ4v) is 5.48. The topological polar surface area (TPSA) is 134 Å². The van der Waals surface area contributed by atoms with Gasteiger partial charge in [0.05, 0.1) is 48.8 Å². The van der Waals surface area contributed by atoms with Crippen LogP contribution in [0.5, 0.6) is 5.75 Å². The van der Waals surface area contributed by atoms with Crippen LogP contribution in [-0.4, -0.2) is 49.7 Å². The zero-order valence-corrected chi connectivity index (χ0v) is 22.8. The third-order valence-electron chi connectivity index (χ3n) is 7.34. The van der Waals surface area contributed by atoms with Crippen LogP contribution in [0.25, 0.3) is 22.4 Å². The van der Waals surface area contributed by atoms with Crippen molar-refractivity contribution in [3.05, 3.63) is 83.3 Å². The van der Waals surface area contributed by atoms with Gasteiger partial charge in [0, 0.05) is 24.7 Å². The van der Waals surface area contributed by atoms with Crippen LogP contribution in [0.15, 0.2) is 55.2 Å². The summed E-state index contributed by atoms with van der Waals surface area (Å²) in [6, 6.07) is 9.25. The Labute approximate surface area is 239 Å². The highest BCUT2D eigenvalue weighted by atomic mass is 35.5. The SMILES string of the molecule is COc1cc(F)c(-c2cc(Cn3cnc4c(N)ncnc43)c(N3CCC[C@](N)(c4cccc(Cl)n4)C3)cn2)cc1F. The number of rotatable bonds is 6. The summed E-state index contributed by atoms with van der Waals surface area (Å²) in [5.41, 5.74) is 15.7. The van der Waals surface area contributed by atoms with E-state index in [9.17, 15) is 4.39 Å². The highest BCUT2D eigenvalue weighted by molar-refractivity contribution is 6.29. The Bertz CT molecular complexity index is 1760. The summed E-state index contributed by atoms with van der Waals surface area (Å²) in [6.45, 7) is 1.44. The molecule has 4 aromatic heterocycles. The second-order valence-corrected chi connectivity index (χ2v) is 10.4. The van der Waals surface area contributed by atoms with E-state index >= 15 is 4.39 Å². The zero-order valence-electron chi connectivity index (χ0n) is 22.1. The molecule has 0 bridgehead atoms. The number of piperidine rings is 1. The number of methoxy groups -OCH3 is 1. The van der Waals surface area contributed by atoms with Crippen LogP contribution >= 0.6 is 11.6 Å². The monoisotopic (exact) mass is 577 g/mol. The van der Waals surface area contributed by atoms with Crippen molar-refractivity contribution in [1.82, 2.24) is 29.5 Å². The molecule has 41 heavy (non-hydrogen) atoms. The number of benzene rings is 1. The predicted octanol–water partition coefficient (Wildman–Crippen LogP) is 4.31. The molecule has 1 saturated heterocycles. The maximum atomic E-state index is 15.1. The van der Waals surface area contributed by atoms with Gasteiger partial charge in [-0.15, -0.1) is 0 Å². The maximum Gasteiger partial charge on any atom is 0.165 e. The molecule has 1 aromatic carbocycles. The van der Waals surface area contributed by atoms with Crippen LogP contribution in [0.4, 0.5) is 20.3 Å². The minimum absolute atomic E-state index is 0.00750. The van der Waals surface area contributed by atoms with Crippen molar-refractivity contribution in [2.45, 2.75) is 24.9 Å². The summed E-state index contributed by atoms with van der Waals surface area (Å²) in [4.78, 5) is 23.9. The number of imidazole rings is 1. The summed E-state index contributed by atoms with van der Waals surface area (Å²) in [5.74, 6) is -1.28. The molecule has 13 heteroatoms. The van der Waals surface area contributed by atoms with E-state index in [2.05, 4.69) is 29.8 Å². The number of pyridine rings is 2. The summed E-state index contributed by atoms with van der Waals surface area (Å²) >= 11 is 6.18. The number of halogens is 3. The van der Waals surface area contributed by atoms with E-state index in [1.54, 1.807) is 24.7 Å². The highest BCUT2D eigenvalue weighted by Gasteiger charge is 2.36. The fourth-order valence-electron chi connectivity index (χ4n) is 5.31. The molecular formula is C28H26ClF2N9O. The Balaban J connectivity index is 1.44. The van der Waals surface area contributed by atoms with Gasteiger partial charge in [-0.2, -0.15) is 0 Å². The Morgan fingerprint density at radius 2 is 1.95 bits per heavy atom. The second kappa shape index (κ2) is 10.5. The van der Waals surface area contributed by atoms with Gasteiger partial charge in [-0.25, -0.2) is 28.7 Å².